The summed E-state index contributed by atoms with van der Waals surface area (Å²) in [5, 5.41) is -0.531. The van der Waals surface area contributed by atoms with E-state index in [0.29, 0.717) is 32.7 Å². The van der Waals surface area contributed by atoms with Crippen molar-refractivity contribution in [2.45, 2.75) is 18.6 Å². The highest BCUT2D eigenvalue weighted by molar-refractivity contribution is 7.89. The largest absolute Gasteiger partial charge is 0.383 e. The van der Waals surface area contributed by atoms with Crippen LogP contribution in [0.15, 0.2) is 0 Å². The summed E-state index contributed by atoms with van der Waals surface area (Å²) in [6.45, 7) is 3.35. The van der Waals surface area contributed by atoms with Gasteiger partial charge in [0.15, 0.2) is 0 Å². The van der Waals surface area contributed by atoms with Gasteiger partial charge in [0.2, 0.25) is 10.0 Å². The summed E-state index contributed by atoms with van der Waals surface area (Å²) in [5.41, 5.74) is 5.50. The third-order valence-electron chi connectivity index (χ3n) is 2.59. The zero-order valence-corrected chi connectivity index (χ0v) is 11.7. The predicted octanol–water partition coefficient (Wildman–Crippen LogP) is -0.352. The molecule has 0 aromatic carbocycles. The molecule has 0 spiro atoms. The van der Waals surface area contributed by atoms with Crippen molar-refractivity contribution in [2.75, 3.05) is 47.1 Å². The van der Waals surface area contributed by atoms with Crippen LogP contribution in [0.4, 0.5) is 0 Å². The Kier molecular flexibility index (Phi) is 8.71. The average molecular weight is 268 g/mol. The van der Waals surface area contributed by atoms with Crippen molar-refractivity contribution in [1.29, 1.82) is 0 Å². The van der Waals surface area contributed by atoms with Crippen LogP contribution in [0, 0.1) is 0 Å². The fourth-order valence-corrected chi connectivity index (χ4v) is 3.21. The maximum atomic E-state index is 12.2. The number of sulfonamides is 1. The highest BCUT2D eigenvalue weighted by Crippen LogP contribution is 2.11. The van der Waals surface area contributed by atoms with Gasteiger partial charge in [-0.05, 0) is 6.42 Å². The quantitative estimate of drug-likeness (QED) is 0.585. The molecule has 0 aromatic heterocycles. The summed E-state index contributed by atoms with van der Waals surface area (Å²) >= 11 is 0. The third-order valence-corrected chi connectivity index (χ3v) is 5.04. The minimum atomic E-state index is -3.36. The van der Waals surface area contributed by atoms with Gasteiger partial charge in [0, 0.05) is 33.9 Å². The summed E-state index contributed by atoms with van der Waals surface area (Å²) in [7, 11) is -0.273. The standard InChI is InChI=1S/C10H24N2O4S/c1-4-10(9-11)17(13,14)12(5-7-15-2)6-8-16-3/h10H,4-9,11H2,1-3H3. The number of hydrogen-bond acceptors (Lipinski definition) is 5. The second-order valence-electron chi connectivity index (χ2n) is 3.70. The van der Waals surface area contributed by atoms with Gasteiger partial charge >= 0.3 is 0 Å². The molecule has 7 heteroatoms. The first-order valence-electron chi connectivity index (χ1n) is 5.71. The summed E-state index contributed by atoms with van der Waals surface area (Å²) in [6.07, 6.45) is 0.509. The van der Waals surface area contributed by atoms with Crippen molar-refractivity contribution >= 4 is 10.0 Å². The Morgan fingerprint density at radius 1 is 1.18 bits per heavy atom. The molecule has 0 radical (unpaired) electrons. The fourth-order valence-electron chi connectivity index (χ4n) is 1.46. The Bertz CT molecular complexity index is 270. The van der Waals surface area contributed by atoms with E-state index in [1.807, 2.05) is 6.92 Å². The molecule has 0 bridgehead atoms. The number of methoxy groups -OCH3 is 2. The topological polar surface area (TPSA) is 81.9 Å². The van der Waals surface area contributed by atoms with E-state index in [2.05, 4.69) is 0 Å². The maximum absolute atomic E-state index is 12.2. The average Bonchev–Trinajstić information content (AvgIpc) is 2.30. The molecule has 0 amide bonds. The van der Waals surface area contributed by atoms with Crippen LogP contribution in [0.3, 0.4) is 0 Å². The minimum absolute atomic E-state index is 0.134. The van der Waals surface area contributed by atoms with Crippen molar-refractivity contribution in [2.24, 2.45) is 5.73 Å². The van der Waals surface area contributed by atoms with E-state index >= 15 is 0 Å². The molecular weight excluding hydrogens is 244 g/mol. The molecule has 0 aliphatic carbocycles. The summed E-state index contributed by atoms with van der Waals surface area (Å²) < 4.78 is 35.7. The molecule has 0 aromatic rings. The fraction of sp³-hybridized carbons (Fsp3) is 1.00. The number of hydrogen-bond donors (Lipinski definition) is 1. The van der Waals surface area contributed by atoms with E-state index in [0.717, 1.165) is 0 Å². The van der Waals surface area contributed by atoms with Gasteiger partial charge in [-0.2, -0.15) is 4.31 Å². The number of nitrogens with zero attached hydrogens (tertiary/aromatic N) is 1. The highest BCUT2D eigenvalue weighted by Gasteiger charge is 2.29. The molecule has 0 aliphatic heterocycles. The molecular formula is C10H24N2O4S. The third kappa shape index (κ3) is 5.31. The zero-order chi connectivity index (χ0) is 13.3. The molecule has 6 nitrogen and oxygen atoms in total. The Labute approximate surface area is 104 Å². The minimum Gasteiger partial charge on any atom is -0.383 e. The SMILES string of the molecule is CCC(CN)S(=O)(=O)N(CCOC)CCOC. The Morgan fingerprint density at radius 3 is 1.94 bits per heavy atom. The second kappa shape index (κ2) is 8.82. The van der Waals surface area contributed by atoms with Crippen LogP contribution in [0.25, 0.3) is 0 Å². The molecule has 2 N–H and O–H groups in total. The smallest absolute Gasteiger partial charge is 0.218 e. The highest BCUT2D eigenvalue weighted by atomic mass is 32.2. The number of ether oxygens (including phenoxy) is 2. The van der Waals surface area contributed by atoms with E-state index in [-0.39, 0.29) is 6.54 Å². The maximum Gasteiger partial charge on any atom is 0.218 e. The van der Waals surface area contributed by atoms with Gasteiger partial charge in [-0.25, -0.2) is 8.42 Å². The first-order chi connectivity index (χ1) is 8.04. The lowest BCUT2D eigenvalue weighted by molar-refractivity contribution is 0.150. The van der Waals surface area contributed by atoms with Crippen molar-refractivity contribution < 1.29 is 17.9 Å². The first kappa shape index (κ1) is 16.8. The van der Waals surface area contributed by atoms with Gasteiger partial charge in [-0.3, -0.25) is 0 Å². The number of rotatable bonds is 10. The van der Waals surface area contributed by atoms with Gasteiger partial charge in [-0.15, -0.1) is 0 Å². The van der Waals surface area contributed by atoms with E-state index < -0.39 is 15.3 Å². The molecule has 1 atom stereocenters. The van der Waals surface area contributed by atoms with Crippen LogP contribution in [0.5, 0.6) is 0 Å². The van der Waals surface area contributed by atoms with Gasteiger partial charge < -0.3 is 15.2 Å². The van der Waals surface area contributed by atoms with Gasteiger partial charge in [0.1, 0.15) is 0 Å². The summed E-state index contributed by atoms with van der Waals surface area (Å²) in [5.74, 6) is 0. The zero-order valence-electron chi connectivity index (χ0n) is 10.9. The van der Waals surface area contributed by atoms with Gasteiger partial charge in [0.05, 0.1) is 18.5 Å². The molecule has 0 heterocycles. The molecule has 17 heavy (non-hydrogen) atoms. The Hall–Kier alpha value is -0.210. The van der Waals surface area contributed by atoms with Gasteiger partial charge in [0.25, 0.3) is 0 Å². The van der Waals surface area contributed by atoms with Crippen molar-refractivity contribution in [3.8, 4) is 0 Å². The molecule has 0 saturated heterocycles. The van der Waals surface area contributed by atoms with E-state index in [1.165, 1.54) is 4.31 Å². The van der Waals surface area contributed by atoms with Crippen LogP contribution in [0.2, 0.25) is 0 Å². The van der Waals surface area contributed by atoms with Crippen LogP contribution in [-0.2, 0) is 19.5 Å². The van der Waals surface area contributed by atoms with Crippen LogP contribution in [-0.4, -0.2) is 65.0 Å². The Balaban J connectivity index is 4.73. The van der Waals surface area contributed by atoms with Crippen LogP contribution in [0.1, 0.15) is 13.3 Å². The predicted molar refractivity (Wildman–Crippen MR) is 67.4 cm³/mol. The van der Waals surface area contributed by atoms with Crippen molar-refractivity contribution in [1.82, 2.24) is 4.31 Å². The molecule has 0 saturated carbocycles. The van der Waals surface area contributed by atoms with E-state index in [4.69, 9.17) is 15.2 Å². The molecule has 1 unspecified atom stereocenters. The summed E-state index contributed by atoms with van der Waals surface area (Å²) in [4.78, 5) is 0. The van der Waals surface area contributed by atoms with E-state index in [1.54, 1.807) is 14.2 Å². The molecule has 104 valence electrons. The first-order valence-corrected chi connectivity index (χ1v) is 7.21. The summed E-state index contributed by atoms with van der Waals surface area (Å²) in [6, 6.07) is 0. The normalized spacial score (nSPS) is 14.2. The molecule has 0 rings (SSSR count). The molecule has 0 aliphatic rings. The van der Waals surface area contributed by atoms with Crippen LogP contribution < -0.4 is 5.73 Å². The van der Waals surface area contributed by atoms with Crippen molar-refractivity contribution in [3.05, 3.63) is 0 Å². The number of nitrogens with two attached hydrogens (primary N) is 1. The lowest BCUT2D eigenvalue weighted by Gasteiger charge is -2.25. The van der Waals surface area contributed by atoms with Crippen molar-refractivity contribution in [3.63, 3.8) is 0 Å². The lowest BCUT2D eigenvalue weighted by Crippen LogP contribution is -2.44. The molecule has 0 fully saturated rings. The van der Waals surface area contributed by atoms with E-state index in [9.17, 15) is 8.42 Å². The second-order valence-corrected chi connectivity index (χ2v) is 5.91. The van der Waals surface area contributed by atoms with Gasteiger partial charge in [-0.1, -0.05) is 6.92 Å². The van der Waals surface area contributed by atoms with Crippen LogP contribution >= 0.6 is 0 Å². The monoisotopic (exact) mass is 268 g/mol. The lowest BCUT2D eigenvalue weighted by atomic mass is 10.3. The Morgan fingerprint density at radius 2 is 1.65 bits per heavy atom.